The van der Waals surface area contributed by atoms with Gasteiger partial charge in [0.15, 0.2) is 0 Å². The summed E-state index contributed by atoms with van der Waals surface area (Å²) in [6, 6.07) is 21.1. The van der Waals surface area contributed by atoms with Crippen molar-refractivity contribution in [2.24, 2.45) is 10.2 Å². The van der Waals surface area contributed by atoms with Crippen LogP contribution in [0.2, 0.25) is 0 Å². The minimum atomic E-state index is -0.459. The average Bonchev–Trinajstić information content (AvgIpc) is 3.17. The zero-order chi connectivity index (χ0) is 26.4. The molecule has 3 aromatic carbocycles. The van der Waals surface area contributed by atoms with Gasteiger partial charge >= 0.3 is 0 Å². The van der Waals surface area contributed by atoms with Crippen molar-refractivity contribution < 1.29 is 36.1 Å². The van der Waals surface area contributed by atoms with Crippen LogP contribution in [-0.4, -0.2) is 45.1 Å². The number of hydrogen-bond acceptors (Lipinski definition) is 6. The van der Waals surface area contributed by atoms with Crippen molar-refractivity contribution >= 4 is 17.8 Å². The van der Waals surface area contributed by atoms with Crippen LogP contribution in [0.1, 0.15) is 30.5 Å². The topological polar surface area (TPSA) is 75.9 Å². The Kier molecular flexibility index (Phi) is 9.60. The molecule has 1 atom stereocenters. The van der Waals surface area contributed by atoms with Gasteiger partial charge < -0.3 is 24.2 Å². The molecule has 0 aromatic heterocycles. The number of allylic oxidation sites excluding steroid dienone is 2. The van der Waals surface area contributed by atoms with Crippen molar-refractivity contribution in [3.8, 4) is 17.2 Å². The molecule has 0 amide bonds. The molecule has 0 aliphatic carbocycles. The molecule has 0 saturated carbocycles. The second-order valence-corrected chi connectivity index (χ2v) is 8.88. The third-order valence-corrected chi connectivity index (χ3v) is 6.81. The minimum Gasteiger partial charge on any atom is -0.497 e. The summed E-state index contributed by atoms with van der Waals surface area (Å²) in [5.74, 6) is 2.19. The molecule has 1 unspecified atom stereocenters. The summed E-state index contributed by atoms with van der Waals surface area (Å²) in [4.78, 5) is 2.27. The van der Waals surface area contributed by atoms with Crippen LogP contribution in [0, 0.1) is 0 Å². The van der Waals surface area contributed by atoms with E-state index in [1.165, 1.54) is 0 Å². The van der Waals surface area contributed by atoms with Crippen molar-refractivity contribution in [2.45, 2.75) is 25.7 Å². The summed E-state index contributed by atoms with van der Waals surface area (Å²) < 4.78 is 17.0. The summed E-state index contributed by atoms with van der Waals surface area (Å²) in [5.41, 5.74) is 4.41. The first-order chi connectivity index (χ1) is 18.0. The summed E-state index contributed by atoms with van der Waals surface area (Å²) in [5, 5.41) is 18.4. The standard InChI is InChI=1S/C30H33N3O4.Co/c1-6-33-25-16-15-22(35-3)19-24(25)30(2,20-23-26(36-4)13-10-14-27(23)37-5)28(33)17-18-31-32-29(34)21-11-8-7-9-12-21;/h7-19H,6,20H2,1-5H3,(H,32,34);/b28-17-,31-18+;. The molecule has 8 heteroatoms. The number of nitrogens with zero attached hydrogens (tertiary/aromatic N) is 3. The van der Waals surface area contributed by atoms with Crippen molar-refractivity contribution in [3.63, 3.8) is 0 Å². The van der Waals surface area contributed by atoms with E-state index >= 15 is 0 Å². The largest absolute Gasteiger partial charge is 0.497 e. The molecule has 0 bridgehead atoms. The molecular formula is C30H33CoN3O4. The van der Waals surface area contributed by atoms with Gasteiger partial charge in [-0.25, -0.2) is 0 Å². The van der Waals surface area contributed by atoms with Gasteiger partial charge in [0.25, 0.3) is 0 Å². The van der Waals surface area contributed by atoms with Crippen LogP contribution in [0.4, 0.5) is 5.69 Å². The molecule has 7 nitrogen and oxygen atoms in total. The van der Waals surface area contributed by atoms with Crippen LogP contribution in [0.25, 0.3) is 0 Å². The molecule has 0 fully saturated rings. The Bertz CT molecular complexity index is 1320. The molecule has 1 aliphatic rings. The summed E-state index contributed by atoms with van der Waals surface area (Å²) in [7, 11) is 5.02. The predicted octanol–water partition coefficient (Wildman–Crippen LogP) is 5.92. The van der Waals surface area contributed by atoms with Gasteiger partial charge in [0.1, 0.15) is 17.2 Å². The number of ether oxygens (including phenoxy) is 3. The van der Waals surface area contributed by atoms with E-state index in [1.807, 2.05) is 48.5 Å². The van der Waals surface area contributed by atoms with E-state index in [-0.39, 0.29) is 22.7 Å². The smallest absolute Gasteiger partial charge is 0.238 e. The SMILES string of the molecule is CCN1\C(=C/C=N/N=C(\O)c2ccccc2)C(C)(Cc2c(OC)cccc2OC)c2cc(OC)ccc21.[Co]. The van der Waals surface area contributed by atoms with Gasteiger partial charge in [0.2, 0.25) is 5.90 Å². The van der Waals surface area contributed by atoms with E-state index in [0.29, 0.717) is 12.0 Å². The number of methoxy groups -OCH3 is 3. The molecule has 201 valence electrons. The number of aliphatic hydroxyl groups is 1. The molecule has 1 radical (unpaired) electrons. The summed E-state index contributed by atoms with van der Waals surface area (Å²) in [6.45, 7) is 5.08. The number of benzene rings is 3. The number of rotatable bonds is 9. The first-order valence-electron chi connectivity index (χ1n) is 12.2. The van der Waals surface area contributed by atoms with Gasteiger partial charge in [-0.05, 0) is 74.4 Å². The fourth-order valence-corrected chi connectivity index (χ4v) is 4.98. The number of hydrogen-bond donors (Lipinski definition) is 1. The quantitative estimate of drug-likeness (QED) is 0.200. The van der Waals surface area contributed by atoms with E-state index in [2.05, 4.69) is 41.1 Å². The molecule has 3 aromatic rings. The molecule has 1 aliphatic heterocycles. The Morgan fingerprint density at radius 1 is 0.947 bits per heavy atom. The molecule has 0 spiro atoms. The Morgan fingerprint density at radius 3 is 2.24 bits per heavy atom. The monoisotopic (exact) mass is 558 g/mol. The Labute approximate surface area is 234 Å². The van der Waals surface area contributed by atoms with Crippen LogP contribution in [-0.2, 0) is 28.6 Å². The van der Waals surface area contributed by atoms with Crippen molar-refractivity contribution in [3.05, 3.63) is 95.2 Å². The second-order valence-electron chi connectivity index (χ2n) is 8.88. The fourth-order valence-electron chi connectivity index (χ4n) is 4.98. The van der Waals surface area contributed by atoms with Gasteiger partial charge in [-0.1, -0.05) is 24.3 Å². The molecule has 38 heavy (non-hydrogen) atoms. The molecule has 1 heterocycles. The zero-order valence-electron chi connectivity index (χ0n) is 22.3. The van der Waals surface area contributed by atoms with Gasteiger partial charge in [0.05, 0.1) is 27.5 Å². The maximum atomic E-state index is 10.3. The first-order valence-corrected chi connectivity index (χ1v) is 12.2. The van der Waals surface area contributed by atoms with Crippen molar-refractivity contribution in [2.75, 3.05) is 32.8 Å². The Morgan fingerprint density at radius 2 is 1.63 bits per heavy atom. The molecular weight excluding hydrogens is 525 g/mol. The summed E-state index contributed by atoms with van der Waals surface area (Å²) in [6.07, 6.45) is 4.20. The number of fused-ring (bicyclic) bond motifs is 1. The van der Waals surface area contributed by atoms with Gasteiger partial charge in [-0.3, -0.25) is 0 Å². The molecule has 1 N–H and O–H groups in total. The van der Waals surface area contributed by atoms with Crippen LogP contribution in [0.15, 0.2) is 88.7 Å². The average molecular weight is 559 g/mol. The second kappa shape index (κ2) is 12.7. The molecule has 4 rings (SSSR count). The van der Waals surface area contributed by atoms with Crippen LogP contribution >= 0.6 is 0 Å². The number of aliphatic hydroxyl groups excluding tert-OH is 1. The number of likely N-dealkylation sites (N-methyl/N-ethyl adjacent to an activating group) is 1. The van der Waals surface area contributed by atoms with E-state index in [9.17, 15) is 5.11 Å². The zero-order valence-corrected chi connectivity index (χ0v) is 23.3. The Hall–Kier alpha value is -3.75. The van der Waals surface area contributed by atoms with Crippen molar-refractivity contribution in [1.82, 2.24) is 0 Å². The van der Waals surface area contributed by atoms with Crippen LogP contribution in [0.5, 0.6) is 17.2 Å². The van der Waals surface area contributed by atoms with E-state index in [0.717, 1.165) is 46.3 Å². The van der Waals surface area contributed by atoms with Gasteiger partial charge in [-0.2, -0.15) is 5.10 Å². The predicted molar refractivity (Wildman–Crippen MR) is 149 cm³/mol. The van der Waals surface area contributed by atoms with Crippen LogP contribution in [0.3, 0.4) is 0 Å². The Balaban J connectivity index is 0.00000400. The van der Waals surface area contributed by atoms with E-state index in [4.69, 9.17) is 14.2 Å². The van der Waals surface area contributed by atoms with Gasteiger partial charge in [0, 0.05) is 51.2 Å². The third-order valence-electron chi connectivity index (χ3n) is 6.81. The van der Waals surface area contributed by atoms with Crippen LogP contribution < -0.4 is 19.1 Å². The third kappa shape index (κ3) is 5.56. The fraction of sp³-hybridized carbons (Fsp3) is 0.267. The van der Waals surface area contributed by atoms with E-state index < -0.39 is 5.41 Å². The van der Waals surface area contributed by atoms with Crippen molar-refractivity contribution in [1.29, 1.82) is 0 Å². The maximum absolute atomic E-state index is 10.3. The molecule has 0 saturated heterocycles. The van der Waals surface area contributed by atoms with Gasteiger partial charge in [-0.15, -0.1) is 5.10 Å². The number of anilines is 1. The normalized spacial score (nSPS) is 17.9. The first kappa shape index (κ1) is 28.8. The van der Waals surface area contributed by atoms with E-state index in [1.54, 1.807) is 39.7 Å². The minimum absolute atomic E-state index is 0. The maximum Gasteiger partial charge on any atom is 0.238 e. The summed E-state index contributed by atoms with van der Waals surface area (Å²) >= 11 is 0.